The Labute approximate surface area is 189 Å². The molecule has 10 heteroatoms. The largest absolute Gasteiger partial charge is 0.478 e. The molecule has 2 heterocycles. The summed E-state index contributed by atoms with van der Waals surface area (Å²) in [4.78, 5) is 16.1. The molecule has 0 saturated carbocycles. The van der Waals surface area contributed by atoms with Gasteiger partial charge in [0, 0.05) is 41.1 Å². The van der Waals surface area contributed by atoms with Gasteiger partial charge in [0.1, 0.15) is 4.90 Å². The van der Waals surface area contributed by atoms with E-state index in [1.807, 2.05) is 0 Å². The molecule has 4 rings (SSSR count). The SMILES string of the molecule is O=C(O)c1cc(Cl)ccc1Cc1c(S(=O)(=O)N2CCOCC2)cnc2ccc(Cl)cc12. The molecule has 1 aliphatic rings. The number of aromatic carboxylic acids is 1. The van der Waals surface area contributed by atoms with Crippen LogP contribution in [0.15, 0.2) is 47.5 Å². The molecule has 0 radical (unpaired) electrons. The summed E-state index contributed by atoms with van der Waals surface area (Å²) in [5.74, 6) is -1.15. The first-order chi connectivity index (χ1) is 14.8. The number of hydrogen-bond donors (Lipinski definition) is 1. The van der Waals surface area contributed by atoms with Crippen LogP contribution in [-0.4, -0.2) is 55.1 Å². The number of rotatable bonds is 5. The number of benzene rings is 2. The van der Waals surface area contributed by atoms with E-state index >= 15 is 0 Å². The Hall–Kier alpha value is -2.23. The summed E-state index contributed by atoms with van der Waals surface area (Å²) in [5, 5.41) is 10.9. The molecule has 7 nitrogen and oxygen atoms in total. The molecule has 162 valence electrons. The second-order valence-corrected chi connectivity index (χ2v) is 9.84. The number of fused-ring (bicyclic) bond motifs is 1. The van der Waals surface area contributed by atoms with Crippen molar-refractivity contribution in [2.75, 3.05) is 26.3 Å². The fraction of sp³-hybridized carbons (Fsp3) is 0.238. The van der Waals surface area contributed by atoms with Crippen molar-refractivity contribution in [1.82, 2.24) is 9.29 Å². The molecule has 1 fully saturated rings. The topological polar surface area (TPSA) is 96.8 Å². The minimum absolute atomic E-state index is 0.00853. The van der Waals surface area contributed by atoms with Gasteiger partial charge in [-0.1, -0.05) is 29.3 Å². The van der Waals surface area contributed by atoms with E-state index < -0.39 is 16.0 Å². The first-order valence-electron chi connectivity index (χ1n) is 9.44. The summed E-state index contributed by atoms with van der Waals surface area (Å²) in [7, 11) is -3.88. The van der Waals surface area contributed by atoms with Crippen LogP contribution < -0.4 is 0 Å². The van der Waals surface area contributed by atoms with Crippen LogP contribution >= 0.6 is 23.2 Å². The fourth-order valence-electron chi connectivity index (χ4n) is 3.62. The highest BCUT2D eigenvalue weighted by Crippen LogP contribution is 2.32. The van der Waals surface area contributed by atoms with Gasteiger partial charge < -0.3 is 9.84 Å². The van der Waals surface area contributed by atoms with E-state index in [4.69, 9.17) is 27.9 Å². The number of hydrogen-bond acceptors (Lipinski definition) is 5. The van der Waals surface area contributed by atoms with Crippen molar-refractivity contribution in [3.05, 3.63) is 69.3 Å². The molecule has 1 N–H and O–H groups in total. The summed E-state index contributed by atoms with van der Waals surface area (Å²) < 4.78 is 33.6. The molecule has 1 saturated heterocycles. The zero-order valence-corrected chi connectivity index (χ0v) is 18.5. The minimum Gasteiger partial charge on any atom is -0.478 e. The van der Waals surface area contributed by atoms with Crippen LogP contribution in [0.25, 0.3) is 10.9 Å². The molecule has 2 aromatic carbocycles. The fourth-order valence-corrected chi connectivity index (χ4v) is 5.56. The summed E-state index contributed by atoms with van der Waals surface area (Å²) in [5.41, 5.74) is 1.44. The number of carboxylic acid groups (broad SMARTS) is 1. The van der Waals surface area contributed by atoms with Crippen LogP contribution in [0.4, 0.5) is 0 Å². The number of ether oxygens (including phenoxy) is 1. The van der Waals surface area contributed by atoms with Crippen LogP contribution in [0.3, 0.4) is 0 Å². The van der Waals surface area contributed by atoms with Gasteiger partial charge in [0.25, 0.3) is 0 Å². The maximum atomic E-state index is 13.5. The Kier molecular flexibility index (Phi) is 6.18. The Morgan fingerprint density at radius 1 is 1.10 bits per heavy atom. The van der Waals surface area contributed by atoms with Gasteiger partial charge in [-0.05, 0) is 41.5 Å². The van der Waals surface area contributed by atoms with E-state index in [-0.39, 0.29) is 35.0 Å². The summed E-state index contributed by atoms with van der Waals surface area (Å²) >= 11 is 12.2. The average Bonchev–Trinajstić information content (AvgIpc) is 2.75. The molecule has 1 aliphatic heterocycles. The maximum absolute atomic E-state index is 13.5. The Bertz CT molecular complexity index is 1270. The first kappa shape index (κ1) is 22.0. The van der Waals surface area contributed by atoms with E-state index in [1.54, 1.807) is 30.3 Å². The highest BCUT2D eigenvalue weighted by Gasteiger charge is 2.30. The number of sulfonamides is 1. The predicted molar refractivity (Wildman–Crippen MR) is 118 cm³/mol. The Morgan fingerprint density at radius 2 is 1.77 bits per heavy atom. The number of halogens is 2. The lowest BCUT2D eigenvalue weighted by Crippen LogP contribution is -2.41. The highest BCUT2D eigenvalue weighted by molar-refractivity contribution is 7.89. The quantitative estimate of drug-likeness (QED) is 0.595. The number of carboxylic acids is 1. The van der Waals surface area contributed by atoms with E-state index in [9.17, 15) is 18.3 Å². The molecule has 0 amide bonds. The lowest BCUT2D eigenvalue weighted by molar-refractivity contribution is 0.0695. The third-order valence-corrected chi connectivity index (χ3v) is 7.58. The van der Waals surface area contributed by atoms with Gasteiger partial charge in [-0.15, -0.1) is 0 Å². The monoisotopic (exact) mass is 480 g/mol. The normalized spacial score (nSPS) is 15.3. The molecule has 31 heavy (non-hydrogen) atoms. The first-order valence-corrected chi connectivity index (χ1v) is 11.6. The van der Waals surface area contributed by atoms with Crippen LogP contribution in [0.1, 0.15) is 21.5 Å². The van der Waals surface area contributed by atoms with Gasteiger partial charge in [-0.25, -0.2) is 13.2 Å². The van der Waals surface area contributed by atoms with E-state index in [0.717, 1.165) is 0 Å². The maximum Gasteiger partial charge on any atom is 0.336 e. The third-order valence-electron chi connectivity index (χ3n) is 5.16. The smallest absolute Gasteiger partial charge is 0.336 e. The minimum atomic E-state index is -3.88. The molecule has 0 spiro atoms. The predicted octanol–water partition coefficient (Wildman–Crippen LogP) is 3.85. The van der Waals surface area contributed by atoms with Gasteiger partial charge in [-0.3, -0.25) is 4.98 Å². The summed E-state index contributed by atoms with van der Waals surface area (Å²) in [6.07, 6.45) is 1.38. The standard InChI is InChI=1S/C21H18Cl2N2O5S/c22-14-2-1-13(16(10-14)21(26)27)9-18-17-11-15(23)3-4-19(17)24-12-20(18)31(28,29)25-5-7-30-8-6-25/h1-4,10-12H,5-9H2,(H,26,27). The van der Waals surface area contributed by atoms with E-state index in [1.165, 1.54) is 16.6 Å². The zero-order chi connectivity index (χ0) is 22.2. The molecular weight excluding hydrogens is 463 g/mol. The summed E-state index contributed by atoms with van der Waals surface area (Å²) in [6, 6.07) is 9.54. The van der Waals surface area contributed by atoms with Crippen LogP contribution in [-0.2, 0) is 21.2 Å². The number of nitrogens with zero attached hydrogens (tertiary/aromatic N) is 2. The van der Waals surface area contributed by atoms with E-state index in [0.29, 0.717) is 40.3 Å². The van der Waals surface area contributed by atoms with Crippen LogP contribution in [0.5, 0.6) is 0 Å². The zero-order valence-electron chi connectivity index (χ0n) is 16.2. The lowest BCUT2D eigenvalue weighted by Gasteiger charge is -2.27. The molecular formula is C21H18Cl2N2O5S. The van der Waals surface area contributed by atoms with Crippen LogP contribution in [0, 0.1) is 0 Å². The average molecular weight is 481 g/mol. The van der Waals surface area contributed by atoms with E-state index in [2.05, 4.69) is 4.98 Å². The molecule has 0 atom stereocenters. The van der Waals surface area contributed by atoms with Gasteiger partial charge in [-0.2, -0.15) is 4.31 Å². The van der Waals surface area contributed by atoms with Crippen molar-refractivity contribution in [3.8, 4) is 0 Å². The number of aromatic nitrogens is 1. The number of pyridine rings is 1. The van der Waals surface area contributed by atoms with Gasteiger partial charge in [0.2, 0.25) is 10.0 Å². The molecule has 0 aliphatic carbocycles. The van der Waals surface area contributed by atoms with Gasteiger partial charge >= 0.3 is 5.97 Å². The molecule has 1 aromatic heterocycles. The van der Waals surface area contributed by atoms with Crippen molar-refractivity contribution >= 4 is 50.1 Å². The van der Waals surface area contributed by atoms with Gasteiger partial charge in [0.15, 0.2) is 0 Å². The highest BCUT2D eigenvalue weighted by atomic mass is 35.5. The second kappa shape index (κ2) is 8.72. The third kappa shape index (κ3) is 4.40. The van der Waals surface area contributed by atoms with Crippen molar-refractivity contribution in [2.24, 2.45) is 0 Å². The van der Waals surface area contributed by atoms with Crippen molar-refractivity contribution < 1.29 is 23.1 Å². The lowest BCUT2D eigenvalue weighted by atomic mass is 9.97. The Morgan fingerprint density at radius 3 is 2.48 bits per heavy atom. The van der Waals surface area contributed by atoms with Gasteiger partial charge in [0.05, 0.1) is 24.3 Å². The van der Waals surface area contributed by atoms with Crippen molar-refractivity contribution in [1.29, 1.82) is 0 Å². The number of morpholine rings is 1. The Balaban J connectivity index is 1.93. The molecule has 0 bridgehead atoms. The van der Waals surface area contributed by atoms with Crippen LogP contribution in [0.2, 0.25) is 10.0 Å². The second-order valence-electron chi connectivity index (χ2n) is 7.06. The molecule has 3 aromatic rings. The summed E-state index contributed by atoms with van der Waals surface area (Å²) in [6.45, 7) is 1.08. The number of carbonyl (C=O) groups is 1. The van der Waals surface area contributed by atoms with Crippen molar-refractivity contribution in [2.45, 2.75) is 11.3 Å². The molecule has 0 unspecified atom stereocenters. The van der Waals surface area contributed by atoms with Crippen molar-refractivity contribution in [3.63, 3.8) is 0 Å².